The van der Waals surface area contributed by atoms with E-state index in [-0.39, 0.29) is 0 Å². The van der Waals surface area contributed by atoms with Crippen LogP contribution in [0, 0.1) is 0 Å². The van der Waals surface area contributed by atoms with Crippen molar-refractivity contribution < 1.29 is 4.42 Å². The maximum atomic E-state index is 6.77. The number of nitrogens with zero attached hydrogens (tertiary/aromatic N) is 3. The number of furan rings is 1. The van der Waals surface area contributed by atoms with Crippen molar-refractivity contribution in [2.45, 2.75) is 0 Å². The number of rotatable bonds is 6. The molecule has 0 aliphatic rings. The molecule has 0 spiro atoms. The first-order chi connectivity index (χ1) is 27.7. The number of aromatic nitrogens is 3. The molecule has 0 saturated heterocycles. The largest absolute Gasteiger partial charge is 0.455 e. The van der Waals surface area contributed by atoms with Crippen LogP contribution < -0.4 is 0 Å². The molecule has 0 unspecified atom stereocenters. The lowest BCUT2D eigenvalue weighted by Crippen LogP contribution is -2.00. The van der Waals surface area contributed by atoms with Gasteiger partial charge >= 0.3 is 0 Å². The highest BCUT2D eigenvalue weighted by Gasteiger charge is 2.20. The van der Waals surface area contributed by atoms with E-state index >= 15 is 0 Å². The maximum Gasteiger partial charge on any atom is 0.164 e. The summed E-state index contributed by atoms with van der Waals surface area (Å²) in [5.41, 5.74) is 11.4. The minimum absolute atomic E-state index is 0.621. The van der Waals surface area contributed by atoms with Crippen LogP contribution >= 0.6 is 11.3 Å². The molecule has 8 aromatic carbocycles. The molecule has 0 radical (unpaired) electrons. The summed E-state index contributed by atoms with van der Waals surface area (Å²) in [5, 5.41) is 4.69. The molecule has 5 heteroatoms. The number of thiophene rings is 1. The van der Waals surface area contributed by atoms with Gasteiger partial charge in [0.15, 0.2) is 17.5 Å². The van der Waals surface area contributed by atoms with Crippen LogP contribution in [0.4, 0.5) is 0 Å². The van der Waals surface area contributed by atoms with Crippen LogP contribution in [0.25, 0.3) is 110 Å². The Kier molecular flexibility index (Phi) is 7.64. The Labute approximate surface area is 327 Å². The van der Waals surface area contributed by atoms with Crippen LogP contribution in [0.2, 0.25) is 0 Å². The summed E-state index contributed by atoms with van der Waals surface area (Å²) in [4.78, 5) is 14.9. The molecule has 0 aliphatic carbocycles. The summed E-state index contributed by atoms with van der Waals surface area (Å²) < 4.78 is 9.35. The van der Waals surface area contributed by atoms with E-state index in [0.29, 0.717) is 17.5 Å². The molecule has 3 heterocycles. The average Bonchev–Trinajstić information content (AvgIpc) is 3.86. The minimum Gasteiger partial charge on any atom is -0.455 e. The topological polar surface area (TPSA) is 51.8 Å². The van der Waals surface area contributed by atoms with Crippen LogP contribution in [0.5, 0.6) is 0 Å². The molecule has 0 saturated carbocycles. The van der Waals surface area contributed by atoms with Gasteiger partial charge in [-0.15, -0.1) is 11.3 Å². The zero-order valence-corrected chi connectivity index (χ0v) is 30.9. The zero-order valence-electron chi connectivity index (χ0n) is 30.1. The number of hydrogen-bond acceptors (Lipinski definition) is 5. The van der Waals surface area contributed by atoms with Crippen LogP contribution in [0.3, 0.4) is 0 Å². The summed E-state index contributed by atoms with van der Waals surface area (Å²) in [6.45, 7) is 0. The van der Waals surface area contributed by atoms with E-state index in [1.54, 1.807) is 0 Å². The molecule has 0 bridgehead atoms. The first-order valence-electron chi connectivity index (χ1n) is 18.7. The Morgan fingerprint density at radius 2 is 0.911 bits per heavy atom. The summed E-state index contributed by atoms with van der Waals surface area (Å²) in [6.07, 6.45) is 0. The third-order valence-electron chi connectivity index (χ3n) is 10.5. The molecular weight excluding hydrogens is 703 g/mol. The first kappa shape index (κ1) is 32.2. The van der Waals surface area contributed by atoms with Gasteiger partial charge in [0.25, 0.3) is 0 Å². The van der Waals surface area contributed by atoms with Gasteiger partial charge < -0.3 is 4.42 Å². The van der Waals surface area contributed by atoms with E-state index in [4.69, 9.17) is 19.4 Å². The maximum absolute atomic E-state index is 6.77. The van der Waals surface area contributed by atoms with E-state index in [1.165, 1.54) is 31.3 Å². The molecule has 11 aromatic rings. The molecule has 262 valence electrons. The predicted molar refractivity (Wildman–Crippen MR) is 233 cm³/mol. The Hall–Kier alpha value is -7.21. The van der Waals surface area contributed by atoms with Gasteiger partial charge in [0.2, 0.25) is 0 Å². The number of hydrogen-bond donors (Lipinski definition) is 0. The number of para-hydroxylation sites is 1. The molecule has 3 aromatic heterocycles. The summed E-state index contributed by atoms with van der Waals surface area (Å²) in [5.74, 6) is 1.90. The lowest BCUT2D eigenvalue weighted by Gasteiger charge is -2.11. The quantitative estimate of drug-likeness (QED) is 0.171. The molecule has 56 heavy (non-hydrogen) atoms. The Bertz CT molecular complexity index is 3180. The van der Waals surface area contributed by atoms with Crippen LogP contribution in [0.15, 0.2) is 192 Å². The van der Waals surface area contributed by atoms with Gasteiger partial charge in [-0.3, -0.25) is 0 Å². The predicted octanol–water partition coefficient (Wildman–Crippen LogP) is 14.1. The highest BCUT2D eigenvalue weighted by atomic mass is 32.1. The lowest BCUT2D eigenvalue weighted by atomic mass is 9.93. The van der Waals surface area contributed by atoms with Gasteiger partial charge in [0.05, 0.1) is 0 Å². The Morgan fingerprint density at radius 3 is 1.64 bits per heavy atom. The normalized spacial score (nSPS) is 11.6. The standard InChI is InChI=1S/C51H31N3OS/c1-4-14-32(15-5-1)40-23-13-24-41-43-31-36(26-29-45(43)56-48(40)41)39-28-27-38(46-42-22-10-11-25-44(42)55-47(39)46)35-20-12-21-37(30-35)51-53-49(33-16-6-2-7-17-33)52-50(54-51)34-18-8-3-9-19-34/h1-31H. The Morgan fingerprint density at radius 1 is 0.357 bits per heavy atom. The Balaban J connectivity index is 1.06. The number of benzene rings is 8. The van der Waals surface area contributed by atoms with E-state index < -0.39 is 0 Å². The highest BCUT2D eigenvalue weighted by Crippen LogP contribution is 2.45. The monoisotopic (exact) mass is 733 g/mol. The third-order valence-corrected chi connectivity index (χ3v) is 11.8. The van der Waals surface area contributed by atoms with Gasteiger partial charge in [0, 0.05) is 53.2 Å². The van der Waals surface area contributed by atoms with Gasteiger partial charge in [-0.25, -0.2) is 15.0 Å². The van der Waals surface area contributed by atoms with Crippen LogP contribution in [-0.4, -0.2) is 15.0 Å². The van der Waals surface area contributed by atoms with E-state index in [0.717, 1.165) is 60.9 Å². The average molecular weight is 734 g/mol. The molecule has 4 nitrogen and oxygen atoms in total. The SMILES string of the molecule is c1ccc(-c2nc(-c3ccccc3)nc(-c3cccc(-c4ccc(-c5ccc6sc7c(-c8ccccc8)cccc7c6c5)c5oc6ccccc6c45)c3)n2)cc1. The van der Waals surface area contributed by atoms with E-state index in [2.05, 4.69) is 121 Å². The number of fused-ring (bicyclic) bond motifs is 6. The molecule has 0 atom stereocenters. The second kappa shape index (κ2) is 13.3. The highest BCUT2D eigenvalue weighted by molar-refractivity contribution is 7.26. The first-order valence-corrected chi connectivity index (χ1v) is 19.5. The van der Waals surface area contributed by atoms with Crippen molar-refractivity contribution in [1.29, 1.82) is 0 Å². The van der Waals surface area contributed by atoms with Gasteiger partial charge in [-0.05, 0) is 58.1 Å². The van der Waals surface area contributed by atoms with E-state index in [9.17, 15) is 0 Å². The molecule has 0 amide bonds. The van der Waals surface area contributed by atoms with Crippen LogP contribution in [0.1, 0.15) is 0 Å². The fourth-order valence-corrected chi connectivity index (χ4v) is 9.09. The van der Waals surface area contributed by atoms with Gasteiger partial charge in [-0.2, -0.15) is 0 Å². The van der Waals surface area contributed by atoms with Crippen molar-refractivity contribution in [2.75, 3.05) is 0 Å². The summed E-state index contributed by atoms with van der Waals surface area (Å²) in [7, 11) is 0. The fourth-order valence-electron chi connectivity index (χ4n) is 7.87. The van der Waals surface area contributed by atoms with Gasteiger partial charge in [0.1, 0.15) is 11.2 Å². The van der Waals surface area contributed by atoms with Crippen molar-refractivity contribution in [3.8, 4) is 67.5 Å². The summed E-state index contributed by atoms with van der Waals surface area (Å²) in [6, 6.07) is 65.6. The molecule has 0 aliphatic heterocycles. The molecule has 11 rings (SSSR count). The zero-order chi connectivity index (χ0) is 37.0. The van der Waals surface area contributed by atoms with E-state index in [1.807, 2.05) is 78.1 Å². The van der Waals surface area contributed by atoms with Crippen molar-refractivity contribution in [3.63, 3.8) is 0 Å². The molecule has 0 N–H and O–H groups in total. The van der Waals surface area contributed by atoms with Crippen molar-refractivity contribution in [1.82, 2.24) is 15.0 Å². The second-order valence-corrected chi connectivity index (χ2v) is 15.0. The second-order valence-electron chi connectivity index (χ2n) is 13.9. The van der Waals surface area contributed by atoms with Crippen LogP contribution in [-0.2, 0) is 0 Å². The smallest absolute Gasteiger partial charge is 0.164 e. The molecule has 0 fully saturated rings. The summed E-state index contributed by atoms with van der Waals surface area (Å²) >= 11 is 1.86. The van der Waals surface area contributed by atoms with Crippen molar-refractivity contribution in [3.05, 3.63) is 188 Å². The third kappa shape index (κ3) is 5.48. The lowest BCUT2D eigenvalue weighted by molar-refractivity contribution is 0.670. The van der Waals surface area contributed by atoms with Crippen molar-refractivity contribution >= 4 is 53.4 Å². The molecular formula is C51H31N3OS. The van der Waals surface area contributed by atoms with Crippen molar-refractivity contribution in [2.24, 2.45) is 0 Å². The van der Waals surface area contributed by atoms with Gasteiger partial charge in [-0.1, -0.05) is 158 Å². The fraction of sp³-hybridized carbons (Fsp3) is 0. The minimum atomic E-state index is 0.621.